The van der Waals surface area contributed by atoms with Crippen molar-refractivity contribution in [3.8, 4) is 5.75 Å². The van der Waals surface area contributed by atoms with Crippen LogP contribution in [-0.2, 0) is 0 Å². The number of aromatic nitrogens is 1. The van der Waals surface area contributed by atoms with Crippen LogP contribution in [0.15, 0.2) is 21.9 Å². The Balaban J connectivity index is 1.94. The molecule has 1 amide bonds. The number of hydrogen-bond donors (Lipinski definition) is 4. The molecule has 0 bridgehead atoms. The number of carbonyl (C=O) groups is 1. The summed E-state index contributed by atoms with van der Waals surface area (Å²) in [6.07, 6.45) is 5.20. The minimum atomic E-state index is -1.14. The normalized spacial score (nSPS) is 16.8. The van der Waals surface area contributed by atoms with E-state index >= 15 is 0 Å². The molecule has 1 atom stereocenters. The van der Waals surface area contributed by atoms with E-state index in [1.807, 2.05) is 0 Å². The lowest BCUT2D eigenvalue weighted by atomic mass is 9.73. The Morgan fingerprint density at radius 2 is 1.77 bits per heavy atom. The first-order valence-electron chi connectivity index (χ1n) is 10.4. The fraction of sp³-hybridized carbons (Fsp3) is 0.545. The first-order chi connectivity index (χ1) is 14.4. The van der Waals surface area contributed by atoms with Gasteiger partial charge in [-0.25, -0.2) is 4.98 Å². The lowest BCUT2D eigenvalue weighted by molar-refractivity contribution is 0.0123. The van der Waals surface area contributed by atoms with Crippen molar-refractivity contribution < 1.29 is 15.0 Å². The minimum Gasteiger partial charge on any atom is -0.504 e. The minimum absolute atomic E-state index is 0.00870. The number of pyridine rings is 1. The molecule has 1 aromatic heterocycles. The summed E-state index contributed by atoms with van der Waals surface area (Å²) in [5, 5.41) is 27.2. The fourth-order valence-electron chi connectivity index (χ4n) is 4.53. The molecule has 1 heterocycles. The van der Waals surface area contributed by atoms with Crippen molar-refractivity contribution in [1.82, 2.24) is 9.88 Å². The van der Waals surface area contributed by atoms with Gasteiger partial charge in [0, 0.05) is 20.3 Å². The van der Waals surface area contributed by atoms with Crippen LogP contribution in [0.4, 0.5) is 17.1 Å². The van der Waals surface area contributed by atoms with E-state index in [1.165, 1.54) is 31.3 Å². The van der Waals surface area contributed by atoms with Crippen molar-refractivity contribution in [3.63, 3.8) is 0 Å². The van der Waals surface area contributed by atoms with Crippen LogP contribution in [-0.4, -0.2) is 51.7 Å². The molecule has 9 nitrogen and oxygen atoms in total. The lowest BCUT2D eigenvalue weighted by Crippen LogP contribution is -2.54. The molecule has 0 aliphatic heterocycles. The summed E-state index contributed by atoms with van der Waals surface area (Å²) in [5.41, 5.74) is -2.81. The average molecular weight is 431 g/mol. The van der Waals surface area contributed by atoms with E-state index in [0.29, 0.717) is 0 Å². The summed E-state index contributed by atoms with van der Waals surface area (Å²) in [6, 6.07) is 0.956. The van der Waals surface area contributed by atoms with Gasteiger partial charge in [0.15, 0.2) is 11.4 Å². The number of amides is 1. The Hall–Kier alpha value is -2.94. The SMILES string of the molecule is CN(C)C(=O)c1nccc(Nc2c(NC(C(C)(C)O)C3(C)CCCC3)c(=O)c2=O)c1O. The number of carbonyl (C=O) groups excluding carboxylic acids is 1. The first-order valence-corrected chi connectivity index (χ1v) is 10.4. The molecule has 1 fully saturated rings. The van der Waals surface area contributed by atoms with Gasteiger partial charge in [-0.15, -0.1) is 0 Å². The van der Waals surface area contributed by atoms with Crippen molar-refractivity contribution in [1.29, 1.82) is 0 Å². The predicted molar refractivity (Wildman–Crippen MR) is 119 cm³/mol. The molecule has 0 spiro atoms. The molecular weight excluding hydrogens is 400 g/mol. The van der Waals surface area contributed by atoms with Gasteiger partial charge in [0.2, 0.25) is 0 Å². The summed E-state index contributed by atoms with van der Waals surface area (Å²) < 4.78 is 0. The average Bonchev–Trinajstić information content (AvgIpc) is 3.13. The highest BCUT2D eigenvalue weighted by Crippen LogP contribution is 2.45. The molecule has 0 saturated heterocycles. The first kappa shape index (κ1) is 22.7. The Labute approximate surface area is 180 Å². The van der Waals surface area contributed by atoms with E-state index < -0.39 is 34.2 Å². The Morgan fingerprint density at radius 3 is 2.32 bits per heavy atom. The number of hydrogen-bond acceptors (Lipinski definition) is 8. The van der Waals surface area contributed by atoms with E-state index in [9.17, 15) is 24.6 Å². The third kappa shape index (κ3) is 4.14. The van der Waals surface area contributed by atoms with Crippen LogP contribution in [0, 0.1) is 5.41 Å². The molecule has 1 aliphatic carbocycles. The van der Waals surface area contributed by atoms with E-state index in [-0.39, 0.29) is 28.2 Å². The van der Waals surface area contributed by atoms with Crippen LogP contribution in [0.3, 0.4) is 0 Å². The van der Waals surface area contributed by atoms with Gasteiger partial charge >= 0.3 is 0 Å². The summed E-state index contributed by atoms with van der Waals surface area (Å²) in [7, 11) is 3.06. The Kier molecular flexibility index (Phi) is 5.84. The molecule has 4 N–H and O–H groups in total. The highest BCUT2D eigenvalue weighted by Gasteiger charge is 2.45. The van der Waals surface area contributed by atoms with Gasteiger partial charge in [0.05, 0.1) is 17.3 Å². The molecule has 0 radical (unpaired) electrons. The molecule has 9 heteroatoms. The van der Waals surface area contributed by atoms with E-state index in [1.54, 1.807) is 13.8 Å². The van der Waals surface area contributed by atoms with E-state index in [4.69, 9.17) is 0 Å². The predicted octanol–water partition coefficient (Wildman–Crippen LogP) is 1.96. The molecule has 31 heavy (non-hydrogen) atoms. The zero-order valence-electron chi connectivity index (χ0n) is 18.6. The van der Waals surface area contributed by atoms with Crippen molar-refractivity contribution >= 4 is 23.0 Å². The molecule has 1 saturated carbocycles. The van der Waals surface area contributed by atoms with Crippen molar-refractivity contribution in [2.24, 2.45) is 5.41 Å². The van der Waals surface area contributed by atoms with Gasteiger partial charge in [-0.05, 0) is 38.2 Å². The van der Waals surface area contributed by atoms with Gasteiger partial charge in [-0.2, -0.15) is 0 Å². The highest BCUT2D eigenvalue weighted by atomic mass is 16.3. The molecule has 2 aromatic rings. The van der Waals surface area contributed by atoms with Crippen LogP contribution in [0.2, 0.25) is 0 Å². The standard InChI is InChI=1S/C22H30N4O5/c1-21(2,31)20(22(3)9-6-7-10-22)25-14-13(17(28)18(14)29)24-12-8-11-23-15(16(12)27)19(30)26(4)5/h8,11,20,25,27,31H,6-7,9-10H2,1-5H3,(H,23,24). The second kappa shape index (κ2) is 7.96. The fourth-order valence-corrected chi connectivity index (χ4v) is 4.53. The van der Waals surface area contributed by atoms with Gasteiger partial charge < -0.3 is 25.7 Å². The molecule has 3 rings (SSSR count). The van der Waals surface area contributed by atoms with Crippen LogP contribution in [0.5, 0.6) is 5.75 Å². The maximum Gasteiger partial charge on any atom is 0.275 e. The zero-order chi connectivity index (χ0) is 23.1. The number of nitrogens with zero attached hydrogens (tertiary/aromatic N) is 2. The molecule has 1 aliphatic rings. The maximum atomic E-state index is 12.4. The summed E-state index contributed by atoms with van der Waals surface area (Å²) in [4.78, 5) is 42.1. The summed E-state index contributed by atoms with van der Waals surface area (Å²) >= 11 is 0. The molecule has 1 aromatic carbocycles. The quantitative estimate of drug-likeness (QED) is 0.490. The van der Waals surface area contributed by atoms with E-state index in [0.717, 1.165) is 25.7 Å². The van der Waals surface area contributed by atoms with Crippen LogP contribution < -0.4 is 21.5 Å². The maximum absolute atomic E-state index is 12.4. The number of anilines is 3. The number of aromatic hydroxyl groups is 1. The van der Waals surface area contributed by atoms with Crippen LogP contribution in [0.1, 0.15) is 56.9 Å². The molecular formula is C22H30N4O5. The third-order valence-corrected chi connectivity index (χ3v) is 6.14. The van der Waals surface area contributed by atoms with Gasteiger partial charge in [0.1, 0.15) is 11.4 Å². The molecule has 1 unspecified atom stereocenters. The number of nitrogens with one attached hydrogen (secondary N) is 2. The zero-order valence-corrected chi connectivity index (χ0v) is 18.6. The molecule has 168 valence electrons. The van der Waals surface area contributed by atoms with E-state index in [2.05, 4.69) is 22.5 Å². The Morgan fingerprint density at radius 1 is 1.19 bits per heavy atom. The second-order valence-electron chi connectivity index (χ2n) is 9.38. The highest BCUT2D eigenvalue weighted by molar-refractivity contribution is 5.97. The van der Waals surface area contributed by atoms with Gasteiger partial charge in [0.25, 0.3) is 16.8 Å². The number of aliphatic hydroxyl groups is 1. The Bertz CT molecular complexity index is 1060. The van der Waals surface area contributed by atoms with Crippen molar-refractivity contribution in [3.05, 3.63) is 38.4 Å². The second-order valence-corrected chi connectivity index (χ2v) is 9.38. The monoisotopic (exact) mass is 430 g/mol. The largest absolute Gasteiger partial charge is 0.504 e. The smallest absolute Gasteiger partial charge is 0.275 e. The van der Waals surface area contributed by atoms with Crippen molar-refractivity contribution in [2.75, 3.05) is 24.7 Å². The lowest BCUT2D eigenvalue weighted by Gasteiger charge is -2.43. The van der Waals surface area contributed by atoms with Gasteiger partial charge in [-0.3, -0.25) is 14.4 Å². The van der Waals surface area contributed by atoms with Crippen LogP contribution >= 0.6 is 0 Å². The van der Waals surface area contributed by atoms with Gasteiger partial charge in [-0.1, -0.05) is 19.8 Å². The third-order valence-electron chi connectivity index (χ3n) is 6.14. The summed E-state index contributed by atoms with van der Waals surface area (Å²) in [6.45, 7) is 5.43. The topological polar surface area (TPSA) is 132 Å². The number of rotatable bonds is 7. The van der Waals surface area contributed by atoms with Crippen LogP contribution in [0.25, 0.3) is 0 Å². The van der Waals surface area contributed by atoms with Crippen molar-refractivity contribution in [2.45, 2.75) is 58.1 Å². The summed E-state index contributed by atoms with van der Waals surface area (Å²) in [5.74, 6) is -0.914.